The molecule has 118 valence electrons. The van der Waals surface area contributed by atoms with Crippen LogP contribution in [0.5, 0.6) is 0 Å². The number of rotatable bonds is 10. The number of carbonyl (C=O) groups is 1. The Morgan fingerprint density at radius 3 is 2.81 bits per heavy atom. The Kier molecular flexibility index (Phi) is 7.32. The van der Waals surface area contributed by atoms with Gasteiger partial charge in [-0.25, -0.2) is 9.48 Å². The van der Waals surface area contributed by atoms with E-state index in [1.165, 1.54) is 25.7 Å². The summed E-state index contributed by atoms with van der Waals surface area (Å²) in [7, 11) is 0. The second-order valence-electron chi connectivity index (χ2n) is 5.57. The van der Waals surface area contributed by atoms with E-state index in [4.69, 9.17) is 5.73 Å². The third kappa shape index (κ3) is 5.10. The maximum absolute atomic E-state index is 11.0. The Labute approximate surface area is 127 Å². The zero-order chi connectivity index (χ0) is 15.7. The van der Waals surface area contributed by atoms with E-state index in [1.54, 1.807) is 19.3 Å². The van der Waals surface area contributed by atoms with Gasteiger partial charge in [-0.15, -0.1) is 0 Å². The lowest BCUT2D eigenvalue weighted by Gasteiger charge is -2.35. The molecule has 5 heteroatoms. The van der Waals surface area contributed by atoms with Gasteiger partial charge in [0.1, 0.15) is 18.9 Å². The zero-order valence-corrected chi connectivity index (χ0v) is 13.1. The highest BCUT2D eigenvalue weighted by Crippen LogP contribution is 2.21. The minimum Gasteiger partial charge on any atom is -0.544 e. The van der Waals surface area contributed by atoms with E-state index in [-0.39, 0.29) is 17.2 Å². The first-order valence-corrected chi connectivity index (χ1v) is 7.75. The minimum atomic E-state index is -1.12. The van der Waals surface area contributed by atoms with Gasteiger partial charge in [0.2, 0.25) is 5.84 Å². The van der Waals surface area contributed by atoms with Crippen LogP contribution in [0.1, 0.15) is 52.4 Å². The van der Waals surface area contributed by atoms with Gasteiger partial charge in [0, 0.05) is 6.92 Å². The molecule has 0 spiro atoms. The Balaban J connectivity index is 2.53. The second-order valence-corrected chi connectivity index (χ2v) is 5.57. The molecule has 0 amide bonds. The van der Waals surface area contributed by atoms with Crippen molar-refractivity contribution in [3.05, 3.63) is 24.6 Å². The first-order valence-electron chi connectivity index (χ1n) is 7.75. The molecular formula is C16H27N3O2. The van der Waals surface area contributed by atoms with Crippen molar-refractivity contribution < 1.29 is 14.4 Å². The van der Waals surface area contributed by atoms with Gasteiger partial charge in [0.25, 0.3) is 0 Å². The monoisotopic (exact) mass is 293 g/mol. The number of aliphatic carboxylic acids is 1. The summed E-state index contributed by atoms with van der Waals surface area (Å²) >= 11 is 0. The zero-order valence-electron chi connectivity index (χ0n) is 13.1. The molecule has 5 nitrogen and oxygen atoms in total. The summed E-state index contributed by atoms with van der Waals surface area (Å²) in [6.45, 7) is 3.82. The summed E-state index contributed by atoms with van der Waals surface area (Å²) in [4.78, 5) is 15.3. The maximum Gasteiger partial charge on any atom is 0.213 e. The SMILES string of the molecule is CCCCCC/C=C/CC1=NC=C[N+]1(CC(=O)[O-])C(C)N. The lowest BCUT2D eigenvalue weighted by Crippen LogP contribution is -2.60. The predicted octanol–water partition coefficient (Wildman–Crippen LogP) is 1.66. The van der Waals surface area contributed by atoms with E-state index in [2.05, 4.69) is 24.1 Å². The summed E-state index contributed by atoms with van der Waals surface area (Å²) < 4.78 is 0.0580. The van der Waals surface area contributed by atoms with Crippen LogP contribution in [0.4, 0.5) is 0 Å². The number of carbonyl (C=O) groups excluding carboxylic acids is 1. The summed E-state index contributed by atoms with van der Waals surface area (Å²) in [5, 5.41) is 11.0. The van der Waals surface area contributed by atoms with Crippen molar-refractivity contribution in [3.63, 3.8) is 0 Å². The van der Waals surface area contributed by atoms with Gasteiger partial charge >= 0.3 is 0 Å². The van der Waals surface area contributed by atoms with E-state index in [0.29, 0.717) is 6.42 Å². The van der Waals surface area contributed by atoms with Crippen molar-refractivity contribution in [2.45, 2.75) is 58.5 Å². The number of carboxylic acid groups (broad SMARTS) is 1. The highest BCUT2D eigenvalue weighted by atomic mass is 16.4. The van der Waals surface area contributed by atoms with Gasteiger partial charge in [-0.05, 0) is 12.8 Å². The number of quaternary nitrogens is 1. The van der Waals surface area contributed by atoms with Crippen molar-refractivity contribution in [1.29, 1.82) is 0 Å². The van der Waals surface area contributed by atoms with Crippen LogP contribution in [-0.4, -0.2) is 29.0 Å². The standard InChI is InChI=1S/C16H27N3O2/c1-3-4-5-6-7-8-9-10-15-18-11-12-19(15,14(2)17)13-16(20)21/h8-9,11-12,14H,3-7,10,13,17H2,1-2H3/b9-8+. The van der Waals surface area contributed by atoms with E-state index in [0.717, 1.165) is 12.3 Å². The molecular weight excluding hydrogens is 266 g/mol. The van der Waals surface area contributed by atoms with Crippen LogP contribution in [0.15, 0.2) is 29.5 Å². The van der Waals surface area contributed by atoms with E-state index < -0.39 is 5.97 Å². The summed E-state index contributed by atoms with van der Waals surface area (Å²) in [6, 6.07) is 0. The lowest BCUT2D eigenvalue weighted by atomic mass is 10.1. The van der Waals surface area contributed by atoms with E-state index in [9.17, 15) is 9.90 Å². The fraction of sp³-hybridized carbons (Fsp3) is 0.625. The van der Waals surface area contributed by atoms with Crippen molar-refractivity contribution in [2.24, 2.45) is 10.7 Å². The van der Waals surface area contributed by atoms with Gasteiger partial charge in [0.05, 0.1) is 18.6 Å². The molecule has 0 radical (unpaired) electrons. The molecule has 21 heavy (non-hydrogen) atoms. The molecule has 2 N–H and O–H groups in total. The van der Waals surface area contributed by atoms with Crippen LogP contribution in [0.2, 0.25) is 0 Å². The molecule has 0 saturated carbocycles. The van der Waals surface area contributed by atoms with Crippen molar-refractivity contribution in [3.8, 4) is 0 Å². The van der Waals surface area contributed by atoms with Crippen molar-refractivity contribution in [2.75, 3.05) is 6.54 Å². The first-order chi connectivity index (χ1) is 10.0. The Morgan fingerprint density at radius 1 is 1.43 bits per heavy atom. The number of allylic oxidation sites excluding steroid dienone is 1. The summed E-state index contributed by atoms with van der Waals surface area (Å²) in [6.07, 6.45) is 13.9. The maximum atomic E-state index is 11.0. The average Bonchev–Trinajstić information content (AvgIpc) is 2.81. The third-order valence-corrected chi connectivity index (χ3v) is 3.85. The molecule has 0 fully saturated rings. The van der Waals surface area contributed by atoms with Gasteiger partial charge in [-0.3, -0.25) is 5.73 Å². The molecule has 1 rings (SSSR count). The number of amidine groups is 1. The fourth-order valence-electron chi connectivity index (χ4n) is 2.52. The molecule has 0 aromatic heterocycles. The molecule has 2 unspecified atom stereocenters. The predicted molar refractivity (Wildman–Crippen MR) is 82.9 cm³/mol. The lowest BCUT2D eigenvalue weighted by molar-refractivity contribution is -0.807. The first kappa shape index (κ1) is 17.6. The van der Waals surface area contributed by atoms with Crippen LogP contribution in [-0.2, 0) is 4.79 Å². The average molecular weight is 293 g/mol. The second kappa shape index (κ2) is 8.74. The van der Waals surface area contributed by atoms with Crippen LogP contribution >= 0.6 is 0 Å². The normalized spacial score (nSPS) is 22.7. The van der Waals surface area contributed by atoms with Crippen molar-refractivity contribution in [1.82, 2.24) is 0 Å². The third-order valence-electron chi connectivity index (χ3n) is 3.85. The number of aliphatic imine (C=N–C) groups is 1. The molecule has 0 bridgehead atoms. The highest BCUT2D eigenvalue weighted by molar-refractivity contribution is 5.82. The minimum absolute atomic E-state index is 0.0580. The molecule has 1 aliphatic rings. The van der Waals surface area contributed by atoms with E-state index in [1.807, 2.05) is 0 Å². The molecule has 0 saturated heterocycles. The molecule has 0 aliphatic carbocycles. The Hall–Kier alpha value is -1.46. The quantitative estimate of drug-likeness (QED) is 0.378. The number of hydrogen-bond acceptors (Lipinski definition) is 4. The van der Waals surface area contributed by atoms with E-state index >= 15 is 0 Å². The molecule has 0 aromatic carbocycles. The van der Waals surface area contributed by atoms with Gasteiger partial charge in [-0.1, -0.05) is 38.3 Å². The molecule has 0 aromatic rings. The van der Waals surface area contributed by atoms with Crippen LogP contribution in [0.25, 0.3) is 0 Å². The van der Waals surface area contributed by atoms with Gasteiger partial charge in [0.15, 0.2) is 0 Å². The summed E-state index contributed by atoms with van der Waals surface area (Å²) in [5.74, 6) is -0.353. The number of nitrogens with two attached hydrogens (primary N) is 1. The smallest absolute Gasteiger partial charge is 0.213 e. The number of hydrogen-bond donors (Lipinski definition) is 1. The summed E-state index contributed by atoms with van der Waals surface area (Å²) in [5.41, 5.74) is 5.98. The number of nitrogens with zero attached hydrogens (tertiary/aromatic N) is 2. The highest BCUT2D eigenvalue weighted by Gasteiger charge is 2.38. The number of unbranched alkanes of at least 4 members (excludes halogenated alkanes) is 4. The van der Waals surface area contributed by atoms with Crippen LogP contribution in [0.3, 0.4) is 0 Å². The molecule has 1 aliphatic heterocycles. The van der Waals surface area contributed by atoms with Crippen molar-refractivity contribution >= 4 is 11.8 Å². The topological polar surface area (TPSA) is 78.5 Å². The Bertz CT molecular complexity index is 427. The van der Waals surface area contributed by atoms with Crippen LogP contribution in [0, 0.1) is 0 Å². The van der Waals surface area contributed by atoms with Crippen LogP contribution < -0.4 is 10.8 Å². The van der Waals surface area contributed by atoms with Gasteiger partial charge < -0.3 is 9.90 Å². The largest absolute Gasteiger partial charge is 0.544 e. The molecule has 2 atom stereocenters. The Morgan fingerprint density at radius 2 is 2.19 bits per heavy atom. The number of carboxylic acids is 1. The fourth-order valence-corrected chi connectivity index (χ4v) is 2.52. The molecule has 1 heterocycles. The van der Waals surface area contributed by atoms with Gasteiger partial charge in [-0.2, -0.15) is 0 Å².